The van der Waals surface area contributed by atoms with Crippen molar-refractivity contribution in [2.24, 2.45) is 0 Å². The van der Waals surface area contributed by atoms with Gasteiger partial charge >= 0.3 is 0 Å². The maximum atomic E-state index is 5.19. The number of epoxide rings is 1. The highest BCUT2D eigenvalue weighted by Gasteiger charge is 2.22. The highest BCUT2D eigenvalue weighted by molar-refractivity contribution is 5.29. The second kappa shape index (κ2) is 2.91. The lowest BCUT2D eigenvalue weighted by Gasteiger charge is -2.02. The molecule has 1 aromatic carbocycles. The minimum atomic E-state index is 0.506. The van der Waals surface area contributed by atoms with Crippen molar-refractivity contribution >= 4 is 0 Å². The highest BCUT2D eigenvalue weighted by Crippen LogP contribution is 2.18. The normalized spacial score (nSPS) is 21.0. The predicted molar refractivity (Wildman–Crippen MR) is 49.4 cm³/mol. The van der Waals surface area contributed by atoms with E-state index in [-0.39, 0.29) is 0 Å². The quantitative estimate of drug-likeness (QED) is 0.607. The summed E-state index contributed by atoms with van der Waals surface area (Å²) in [6, 6.07) is 6.70. The second-order valence-electron chi connectivity index (χ2n) is 3.66. The van der Waals surface area contributed by atoms with E-state index < -0.39 is 0 Å². The fraction of sp³-hybridized carbons (Fsp3) is 0.455. The van der Waals surface area contributed by atoms with Gasteiger partial charge in [0.2, 0.25) is 0 Å². The van der Waals surface area contributed by atoms with Gasteiger partial charge in [-0.25, -0.2) is 0 Å². The largest absolute Gasteiger partial charge is 0.373 e. The van der Waals surface area contributed by atoms with Gasteiger partial charge in [-0.2, -0.15) is 0 Å². The fourth-order valence-corrected chi connectivity index (χ4v) is 1.64. The molecule has 1 heterocycles. The van der Waals surface area contributed by atoms with Gasteiger partial charge in [0.1, 0.15) is 0 Å². The van der Waals surface area contributed by atoms with Crippen LogP contribution >= 0.6 is 0 Å². The van der Waals surface area contributed by atoms with Crippen molar-refractivity contribution in [3.8, 4) is 0 Å². The lowest BCUT2D eigenvalue weighted by molar-refractivity contribution is 0.407. The molecule has 0 spiro atoms. The minimum absolute atomic E-state index is 0.506. The first kappa shape index (κ1) is 7.81. The molecule has 0 bridgehead atoms. The van der Waals surface area contributed by atoms with Gasteiger partial charge in [0.15, 0.2) is 0 Å². The molecule has 1 aromatic rings. The van der Waals surface area contributed by atoms with Gasteiger partial charge in [-0.1, -0.05) is 29.3 Å². The van der Waals surface area contributed by atoms with Crippen LogP contribution in [0.2, 0.25) is 0 Å². The molecule has 1 aliphatic rings. The van der Waals surface area contributed by atoms with Crippen molar-refractivity contribution < 1.29 is 4.74 Å². The molecule has 0 aromatic heterocycles. The van der Waals surface area contributed by atoms with Crippen LogP contribution in [0.1, 0.15) is 16.7 Å². The van der Waals surface area contributed by atoms with E-state index in [1.165, 1.54) is 16.7 Å². The van der Waals surface area contributed by atoms with E-state index in [0.29, 0.717) is 6.10 Å². The molecule has 0 N–H and O–H groups in total. The van der Waals surface area contributed by atoms with E-state index in [1.54, 1.807) is 0 Å². The van der Waals surface area contributed by atoms with E-state index in [4.69, 9.17) is 4.74 Å². The van der Waals surface area contributed by atoms with Crippen LogP contribution in [0.15, 0.2) is 18.2 Å². The molecule has 1 heteroatoms. The Morgan fingerprint density at radius 2 is 1.83 bits per heavy atom. The molecule has 1 unspecified atom stereocenters. The summed E-state index contributed by atoms with van der Waals surface area (Å²) in [7, 11) is 0. The molecular formula is C11H14O. The third-order valence-corrected chi connectivity index (χ3v) is 2.15. The maximum Gasteiger partial charge on any atom is 0.0850 e. The molecule has 1 saturated heterocycles. The summed E-state index contributed by atoms with van der Waals surface area (Å²) in [5.74, 6) is 0. The summed E-state index contributed by atoms with van der Waals surface area (Å²) < 4.78 is 5.19. The summed E-state index contributed by atoms with van der Waals surface area (Å²) in [4.78, 5) is 0. The SMILES string of the molecule is Cc1cc(C)cc(CC2CO2)c1. The first-order chi connectivity index (χ1) is 5.74. The summed E-state index contributed by atoms with van der Waals surface area (Å²) in [5.41, 5.74) is 4.12. The van der Waals surface area contributed by atoms with Gasteiger partial charge in [-0.3, -0.25) is 0 Å². The zero-order valence-corrected chi connectivity index (χ0v) is 7.63. The second-order valence-corrected chi connectivity index (χ2v) is 3.66. The Morgan fingerprint density at radius 1 is 1.25 bits per heavy atom. The molecular weight excluding hydrogens is 148 g/mol. The number of ether oxygens (including phenoxy) is 1. The van der Waals surface area contributed by atoms with Gasteiger partial charge in [-0.05, 0) is 19.4 Å². The first-order valence-electron chi connectivity index (χ1n) is 4.43. The van der Waals surface area contributed by atoms with E-state index in [0.717, 1.165) is 13.0 Å². The molecule has 0 aliphatic carbocycles. The van der Waals surface area contributed by atoms with Crippen molar-refractivity contribution in [3.63, 3.8) is 0 Å². The number of hydrogen-bond acceptors (Lipinski definition) is 1. The van der Waals surface area contributed by atoms with Crippen molar-refractivity contribution in [1.82, 2.24) is 0 Å². The summed E-state index contributed by atoms with van der Waals surface area (Å²) in [6.07, 6.45) is 1.59. The molecule has 1 atom stereocenters. The predicted octanol–water partition coefficient (Wildman–Crippen LogP) is 2.24. The van der Waals surface area contributed by atoms with Gasteiger partial charge < -0.3 is 4.74 Å². The zero-order chi connectivity index (χ0) is 8.55. The summed E-state index contributed by atoms with van der Waals surface area (Å²) >= 11 is 0. The van der Waals surface area contributed by atoms with Crippen LogP contribution in [0.5, 0.6) is 0 Å². The summed E-state index contributed by atoms with van der Waals surface area (Å²) in [5, 5.41) is 0. The number of aryl methyl sites for hydroxylation is 2. The lowest BCUT2D eigenvalue weighted by Crippen LogP contribution is -1.94. The lowest BCUT2D eigenvalue weighted by atomic mass is 10.0. The van der Waals surface area contributed by atoms with E-state index in [2.05, 4.69) is 32.0 Å². The molecule has 64 valence electrons. The number of benzene rings is 1. The minimum Gasteiger partial charge on any atom is -0.373 e. The number of rotatable bonds is 2. The Balaban J connectivity index is 2.18. The summed E-state index contributed by atoms with van der Waals surface area (Å²) in [6.45, 7) is 5.24. The smallest absolute Gasteiger partial charge is 0.0850 e. The van der Waals surface area contributed by atoms with Crippen LogP contribution in [-0.2, 0) is 11.2 Å². The van der Waals surface area contributed by atoms with Crippen LogP contribution in [0.4, 0.5) is 0 Å². The fourth-order valence-electron chi connectivity index (χ4n) is 1.64. The highest BCUT2D eigenvalue weighted by atomic mass is 16.6. The molecule has 2 rings (SSSR count). The molecule has 1 nitrogen and oxygen atoms in total. The molecule has 0 saturated carbocycles. The topological polar surface area (TPSA) is 12.5 Å². The average Bonchev–Trinajstić information content (AvgIpc) is 2.68. The van der Waals surface area contributed by atoms with Gasteiger partial charge in [0.25, 0.3) is 0 Å². The van der Waals surface area contributed by atoms with Crippen molar-refractivity contribution in [2.45, 2.75) is 26.4 Å². The van der Waals surface area contributed by atoms with E-state index >= 15 is 0 Å². The third-order valence-electron chi connectivity index (χ3n) is 2.15. The van der Waals surface area contributed by atoms with Gasteiger partial charge in [0.05, 0.1) is 12.7 Å². The van der Waals surface area contributed by atoms with Crippen LogP contribution in [0.3, 0.4) is 0 Å². The molecule has 12 heavy (non-hydrogen) atoms. The average molecular weight is 162 g/mol. The Labute approximate surface area is 73.4 Å². The Morgan fingerprint density at radius 3 is 2.33 bits per heavy atom. The zero-order valence-electron chi connectivity index (χ0n) is 7.63. The van der Waals surface area contributed by atoms with Crippen LogP contribution in [0.25, 0.3) is 0 Å². The Bertz CT molecular complexity index is 267. The number of hydrogen-bond donors (Lipinski definition) is 0. The van der Waals surface area contributed by atoms with Crippen LogP contribution in [-0.4, -0.2) is 12.7 Å². The Hall–Kier alpha value is -0.820. The molecule has 0 amide bonds. The van der Waals surface area contributed by atoms with Crippen LogP contribution < -0.4 is 0 Å². The Kier molecular flexibility index (Phi) is 1.89. The van der Waals surface area contributed by atoms with Crippen molar-refractivity contribution in [3.05, 3.63) is 34.9 Å². The van der Waals surface area contributed by atoms with Gasteiger partial charge in [-0.15, -0.1) is 0 Å². The van der Waals surface area contributed by atoms with Gasteiger partial charge in [0, 0.05) is 6.42 Å². The monoisotopic (exact) mass is 162 g/mol. The maximum absolute atomic E-state index is 5.19. The molecule has 1 fully saturated rings. The van der Waals surface area contributed by atoms with Crippen molar-refractivity contribution in [2.75, 3.05) is 6.61 Å². The first-order valence-corrected chi connectivity index (χ1v) is 4.43. The van der Waals surface area contributed by atoms with E-state index in [1.807, 2.05) is 0 Å². The molecule has 0 radical (unpaired) electrons. The van der Waals surface area contributed by atoms with E-state index in [9.17, 15) is 0 Å². The molecule has 1 aliphatic heterocycles. The standard InChI is InChI=1S/C11H14O/c1-8-3-9(2)5-10(4-8)6-11-7-12-11/h3-5,11H,6-7H2,1-2H3. The van der Waals surface area contributed by atoms with Crippen LogP contribution in [0, 0.1) is 13.8 Å². The van der Waals surface area contributed by atoms with Crippen molar-refractivity contribution in [1.29, 1.82) is 0 Å². The third kappa shape index (κ3) is 1.86.